The first kappa shape index (κ1) is 14.6. The topological polar surface area (TPSA) is 47.9 Å². The maximum atomic E-state index is 9.15. The van der Waals surface area contributed by atoms with Gasteiger partial charge in [0.2, 0.25) is 5.75 Å². The molecule has 0 bridgehead atoms. The van der Waals surface area contributed by atoms with E-state index < -0.39 is 0 Å². The van der Waals surface area contributed by atoms with Gasteiger partial charge in [0.25, 0.3) is 0 Å². The van der Waals surface area contributed by atoms with Gasteiger partial charge in [0.1, 0.15) is 0 Å². The molecule has 0 fully saturated rings. The van der Waals surface area contributed by atoms with Crippen LogP contribution in [-0.2, 0) is 0 Å². The van der Waals surface area contributed by atoms with Crippen LogP contribution in [0.3, 0.4) is 0 Å². The molecule has 0 aliphatic rings. The molecule has 0 aliphatic heterocycles. The van der Waals surface area contributed by atoms with E-state index in [4.69, 9.17) is 19.3 Å². The standard InChI is InChI=1S/C14H22O4/c1-11(15)7-4-5-10-18-14-12(16-2)8-6-9-13(14)17-3/h6,8-9,11,15H,4-5,7,10H2,1-3H3. The number of hydrogen-bond acceptors (Lipinski definition) is 4. The molecule has 0 aromatic heterocycles. The van der Waals surface area contributed by atoms with Crippen molar-refractivity contribution in [2.45, 2.75) is 32.3 Å². The molecule has 0 saturated heterocycles. The summed E-state index contributed by atoms with van der Waals surface area (Å²) < 4.78 is 16.2. The Labute approximate surface area is 108 Å². The molecule has 0 radical (unpaired) electrons. The molecular formula is C14H22O4. The maximum absolute atomic E-state index is 9.15. The van der Waals surface area contributed by atoms with Gasteiger partial charge in [-0.05, 0) is 38.3 Å². The lowest BCUT2D eigenvalue weighted by molar-refractivity contribution is 0.176. The first-order valence-corrected chi connectivity index (χ1v) is 6.21. The fourth-order valence-corrected chi connectivity index (χ4v) is 1.68. The van der Waals surface area contributed by atoms with E-state index in [1.165, 1.54) is 0 Å². The first-order chi connectivity index (χ1) is 8.69. The van der Waals surface area contributed by atoms with Gasteiger partial charge in [-0.1, -0.05) is 6.07 Å². The highest BCUT2D eigenvalue weighted by Crippen LogP contribution is 2.36. The lowest BCUT2D eigenvalue weighted by Gasteiger charge is -2.14. The highest BCUT2D eigenvalue weighted by atomic mass is 16.5. The summed E-state index contributed by atoms with van der Waals surface area (Å²) in [5.74, 6) is 1.98. The zero-order valence-corrected chi connectivity index (χ0v) is 11.3. The van der Waals surface area contributed by atoms with Crippen molar-refractivity contribution in [3.05, 3.63) is 18.2 Å². The lowest BCUT2D eigenvalue weighted by Crippen LogP contribution is -2.04. The second kappa shape index (κ2) is 7.82. The molecule has 1 aromatic rings. The predicted octanol–water partition coefficient (Wildman–Crippen LogP) is 2.63. The Morgan fingerprint density at radius 1 is 1.11 bits per heavy atom. The zero-order chi connectivity index (χ0) is 13.4. The summed E-state index contributed by atoms with van der Waals surface area (Å²) in [6, 6.07) is 5.54. The van der Waals surface area contributed by atoms with E-state index in [1.807, 2.05) is 18.2 Å². The van der Waals surface area contributed by atoms with Crippen LogP contribution in [0.25, 0.3) is 0 Å². The Balaban J connectivity index is 2.50. The Bertz CT molecular complexity index is 327. The van der Waals surface area contributed by atoms with Crippen LogP contribution in [0.15, 0.2) is 18.2 Å². The molecule has 1 unspecified atom stereocenters. The van der Waals surface area contributed by atoms with Crippen LogP contribution in [0.4, 0.5) is 0 Å². The molecule has 0 saturated carbocycles. The summed E-state index contributed by atoms with van der Waals surface area (Å²) in [6.45, 7) is 2.38. The summed E-state index contributed by atoms with van der Waals surface area (Å²) in [6.07, 6.45) is 2.39. The Hall–Kier alpha value is -1.42. The molecule has 0 spiro atoms. The molecule has 4 heteroatoms. The van der Waals surface area contributed by atoms with Crippen molar-refractivity contribution in [3.8, 4) is 17.2 Å². The second-order valence-corrected chi connectivity index (χ2v) is 4.18. The zero-order valence-electron chi connectivity index (χ0n) is 11.3. The fourth-order valence-electron chi connectivity index (χ4n) is 1.68. The molecule has 1 N–H and O–H groups in total. The molecule has 18 heavy (non-hydrogen) atoms. The van der Waals surface area contributed by atoms with E-state index in [0.717, 1.165) is 19.3 Å². The van der Waals surface area contributed by atoms with Gasteiger partial charge in [0.05, 0.1) is 26.9 Å². The Morgan fingerprint density at radius 3 is 2.22 bits per heavy atom. The molecule has 0 heterocycles. The maximum Gasteiger partial charge on any atom is 0.203 e. The van der Waals surface area contributed by atoms with Crippen LogP contribution < -0.4 is 14.2 Å². The largest absolute Gasteiger partial charge is 0.493 e. The van der Waals surface area contributed by atoms with E-state index in [1.54, 1.807) is 21.1 Å². The van der Waals surface area contributed by atoms with Crippen molar-refractivity contribution in [2.24, 2.45) is 0 Å². The van der Waals surface area contributed by atoms with Crippen LogP contribution in [-0.4, -0.2) is 32.0 Å². The number of aliphatic hydroxyl groups is 1. The number of aliphatic hydroxyl groups excluding tert-OH is 1. The van der Waals surface area contributed by atoms with Gasteiger partial charge in [0, 0.05) is 0 Å². The third-order valence-electron chi connectivity index (χ3n) is 2.65. The van der Waals surface area contributed by atoms with Crippen LogP contribution >= 0.6 is 0 Å². The summed E-state index contributed by atoms with van der Waals surface area (Å²) in [5, 5.41) is 9.15. The van der Waals surface area contributed by atoms with Gasteiger partial charge in [-0.2, -0.15) is 0 Å². The van der Waals surface area contributed by atoms with Crippen LogP contribution in [0.5, 0.6) is 17.2 Å². The number of para-hydroxylation sites is 1. The van der Waals surface area contributed by atoms with Crippen molar-refractivity contribution < 1.29 is 19.3 Å². The Morgan fingerprint density at radius 2 is 1.72 bits per heavy atom. The molecular weight excluding hydrogens is 232 g/mol. The highest BCUT2D eigenvalue weighted by molar-refractivity contribution is 5.51. The third-order valence-corrected chi connectivity index (χ3v) is 2.65. The SMILES string of the molecule is COc1cccc(OC)c1OCCCCC(C)O. The number of unbranched alkanes of at least 4 members (excludes halogenated alkanes) is 1. The summed E-state index contributed by atoms with van der Waals surface area (Å²) in [5.41, 5.74) is 0. The van der Waals surface area contributed by atoms with Gasteiger partial charge in [0.15, 0.2) is 11.5 Å². The van der Waals surface area contributed by atoms with Gasteiger partial charge in [-0.15, -0.1) is 0 Å². The van der Waals surface area contributed by atoms with E-state index >= 15 is 0 Å². The number of rotatable bonds is 8. The van der Waals surface area contributed by atoms with Crippen LogP contribution in [0.2, 0.25) is 0 Å². The summed E-state index contributed by atoms with van der Waals surface area (Å²) in [7, 11) is 3.21. The predicted molar refractivity (Wildman–Crippen MR) is 70.6 cm³/mol. The Kier molecular flexibility index (Phi) is 6.36. The van der Waals surface area contributed by atoms with Crippen LogP contribution in [0.1, 0.15) is 26.2 Å². The highest BCUT2D eigenvalue weighted by Gasteiger charge is 2.10. The van der Waals surface area contributed by atoms with Crippen molar-refractivity contribution >= 4 is 0 Å². The fraction of sp³-hybridized carbons (Fsp3) is 0.571. The van der Waals surface area contributed by atoms with Gasteiger partial charge in [-0.3, -0.25) is 0 Å². The molecule has 0 aliphatic carbocycles. The van der Waals surface area contributed by atoms with E-state index in [9.17, 15) is 0 Å². The average Bonchev–Trinajstić information content (AvgIpc) is 2.37. The lowest BCUT2D eigenvalue weighted by atomic mass is 10.2. The average molecular weight is 254 g/mol. The van der Waals surface area contributed by atoms with Crippen molar-refractivity contribution in [1.82, 2.24) is 0 Å². The minimum Gasteiger partial charge on any atom is -0.493 e. The third kappa shape index (κ3) is 4.45. The number of hydrogen-bond donors (Lipinski definition) is 1. The van der Waals surface area contributed by atoms with E-state index in [2.05, 4.69) is 0 Å². The number of benzene rings is 1. The summed E-state index contributed by atoms with van der Waals surface area (Å²) >= 11 is 0. The second-order valence-electron chi connectivity index (χ2n) is 4.18. The molecule has 1 rings (SSSR count). The monoisotopic (exact) mass is 254 g/mol. The number of ether oxygens (including phenoxy) is 3. The summed E-state index contributed by atoms with van der Waals surface area (Å²) in [4.78, 5) is 0. The molecule has 1 aromatic carbocycles. The van der Waals surface area contributed by atoms with Crippen molar-refractivity contribution in [3.63, 3.8) is 0 Å². The molecule has 0 amide bonds. The smallest absolute Gasteiger partial charge is 0.203 e. The van der Waals surface area contributed by atoms with Crippen molar-refractivity contribution in [1.29, 1.82) is 0 Å². The van der Waals surface area contributed by atoms with Gasteiger partial charge in [-0.25, -0.2) is 0 Å². The normalized spacial score (nSPS) is 12.0. The minimum absolute atomic E-state index is 0.245. The van der Waals surface area contributed by atoms with Crippen LogP contribution in [0, 0.1) is 0 Å². The van der Waals surface area contributed by atoms with Gasteiger partial charge < -0.3 is 19.3 Å². The first-order valence-electron chi connectivity index (χ1n) is 6.21. The van der Waals surface area contributed by atoms with E-state index in [0.29, 0.717) is 23.9 Å². The molecule has 4 nitrogen and oxygen atoms in total. The van der Waals surface area contributed by atoms with Crippen molar-refractivity contribution in [2.75, 3.05) is 20.8 Å². The number of methoxy groups -OCH3 is 2. The minimum atomic E-state index is -0.245. The molecule has 102 valence electrons. The molecule has 1 atom stereocenters. The van der Waals surface area contributed by atoms with E-state index in [-0.39, 0.29) is 6.10 Å². The van der Waals surface area contributed by atoms with Gasteiger partial charge >= 0.3 is 0 Å². The quantitative estimate of drug-likeness (QED) is 0.724.